The highest BCUT2D eigenvalue weighted by molar-refractivity contribution is 5.94. The van der Waals surface area contributed by atoms with Crippen molar-refractivity contribution < 1.29 is 27.4 Å². The molecule has 1 aromatic heterocycles. The maximum atomic E-state index is 12.7. The quantitative estimate of drug-likeness (QED) is 0.604. The molecular formula is C22H26F3N3O3. The van der Waals surface area contributed by atoms with Crippen molar-refractivity contribution in [1.82, 2.24) is 9.88 Å². The minimum Gasteiger partial charge on any atom is -0.459 e. The number of anilines is 1. The number of rotatable bonds is 7. The van der Waals surface area contributed by atoms with Crippen LogP contribution in [0.4, 0.5) is 19.0 Å². The second kappa shape index (κ2) is 9.55. The second-order valence-electron chi connectivity index (χ2n) is 7.77. The Morgan fingerprint density at radius 1 is 1.26 bits per heavy atom. The van der Waals surface area contributed by atoms with E-state index in [9.17, 15) is 18.0 Å². The molecule has 2 aromatic rings. The van der Waals surface area contributed by atoms with Gasteiger partial charge in [-0.3, -0.25) is 4.90 Å². The lowest BCUT2D eigenvalue weighted by Crippen LogP contribution is -2.36. The highest BCUT2D eigenvalue weighted by atomic mass is 19.4. The molecule has 0 radical (unpaired) electrons. The first kappa shape index (κ1) is 22.9. The molecule has 0 spiro atoms. The van der Waals surface area contributed by atoms with E-state index in [1.807, 2.05) is 11.9 Å². The zero-order valence-electron chi connectivity index (χ0n) is 17.7. The lowest BCUT2D eigenvalue weighted by molar-refractivity contribution is -0.275. The summed E-state index contributed by atoms with van der Waals surface area (Å²) in [5.41, 5.74) is 0.864. The SMILES string of the molecule is CC(C)OC(=O)c1cccnc1N(C)[C@H]1CCN(Cc2ccccc2OC(F)(F)F)C1. The monoisotopic (exact) mass is 437 g/mol. The number of likely N-dealkylation sites (tertiary alicyclic amines) is 1. The van der Waals surface area contributed by atoms with Gasteiger partial charge in [0.2, 0.25) is 0 Å². The van der Waals surface area contributed by atoms with Crippen molar-refractivity contribution in [3.8, 4) is 5.75 Å². The van der Waals surface area contributed by atoms with Crippen LogP contribution in [0, 0.1) is 0 Å². The Morgan fingerprint density at radius 2 is 2.00 bits per heavy atom. The number of nitrogens with zero attached hydrogens (tertiary/aromatic N) is 3. The van der Waals surface area contributed by atoms with Crippen molar-refractivity contribution in [3.05, 3.63) is 53.7 Å². The van der Waals surface area contributed by atoms with Gasteiger partial charge >= 0.3 is 12.3 Å². The van der Waals surface area contributed by atoms with Crippen LogP contribution >= 0.6 is 0 Å². The normalized spacial score (nSPS) is 17.1. The van der Waals surface area contributed by atoms with E-state index in [1.165, 1.54) is 12.1 Å². The maximum Gasteiger partial charge on any atom is 0.573 e. The smallest absolute Gasteiger partial charge is 0.459 e. The Balaban J connectivity index is 1.69. The molecule has 0 aliphatic carbocycles. The molecule has 0 amide bonds. The minimum atomic E-state index is -4.73. The van der Waals surface area contributed by atoms with Gasteiger partial charge in [0, 0.05) is 44.5 Å². The van der Waals surface area contributed by atoms with E-state index >= 15 is 0 Å². The second-order valence-corrected chi connectivity index (χ2v) is 7.77. The van der Waals surface area contributed by atoms with Crippen LogP contribution in [-0.4, -0.2) is 54.5 Å². The summed E-state index contributed by atoms with van der Waals surface area (Å²) in [6.07, 6.45) is -2.57. The molecule has 1 aromatic carbocycles. The van der Waals surface area contributed by atoms with Gasteiger partial charge in [-0.05, 0) is 38.5 Å². The molecule has 3 rings (SSSR count). The number of likely N-dealkylation sites (N-methyl/N-ethyl adjacent to an activating group) is 1. The molecule has 0 N–H and O–H groups in total. The highest BCUT2D eigenvalue weighted by Gasteiger charge is 2.33. The number of aromatic nitrogens is 1. The van der Waals surface area contributed by atoms with Crippen LogP contribution in [0.1, 0.15) is 36.2 Å². The summed E-state index contributed by atoms with van der Waals surface area (Å²) in [6, 6.07) is 9.59. The number of hydrogen-bond donors (Lipinski definition) is 0. The first-order valence-electron chi connectivity index (χ1n) is 10.1. The van der Waals surface area contributed by atoms with Gasteiger partial charge in [0.05, 0.1) is 6.10 Å². The van der Waals surface area contributed by atoms with E-state index in [4.69, 9.17) is 4.74 Å². The van der Waals surface area contributed by atoms with Gasteiger partial charge in [-0.25, -0.2) is 9.78 Å². The summed E-state index contributed by atoms with van der Waals surface area (Å²) in [6.45, 7) is 5.22. The van der Waals surface area contributed by atoms with Crippen molar-refractivity contribution in [3.63, 3.8) is 0 Å². The van der Waals surface area contributed by atoms with Gasteiger partial charge in [0.15, 0.2) is 0 Å². The Hall–Kier alpha value is -2.81. The number of halogens is 3. The molecule has 168 valence electrons. The number of para-hydroxylation sites is 1. The Bertz CT molecular complexity index is 905. The summed E-state index contributed by atoms with van der Waals surface area (Å²) < 4.78 is 47.5. The van der Waals surface area contributed by atoms with E-state index in [-0.39, 0.29) is 17.9 Å². The first-order valence-corrected chi connectivity index (χ1v) is 10.1. The van der Waals surface area contributed by atoms with Crippen molar-refractivity contribution in [1.29, 1.82) is 0 Å². The lowest BCUT2D eigenvalue weighted by Gasteiger charge is -2.27. The number of carbonyl (C=O) groups excluding carboxylic acids is 1. The van der Waals surface area contributed by atoms with Gasteiger partial charge in [-0.1, -0.05) is 18.2 Å². The average Bonchev–Trinajstić information content (AvgIpc) is 3.16. The van der Waals surface area contributed by atoms with E-state index in [0.717, 1.165) is 6.42 Å². The summed E-state index contributed by atoms with van der Waals surface area (Å²) in [4.78, 5) is 20.8. The molecule has 1 aliphatic heterocycles. The number of alkyl halides is 3. The predicted molar refractivity (Wildman–Crippen MR) is 110 cm³/mol. The van der Waals surface area contributed by atoms with Crippen LogP contribution in [-0.2, 0) is 11.3 Å². The third-order valence-corrected chi connectivity index (χ3v) is 5.07. The Kier molecular flexibility index (Phi) is 7.04. The van der Waals surface area contributed by atoms with Crippen LogP contribution < -0.4 is 9.64 Å². The average molecular weight is 437 g/mol. The molecule has 9 heteroatoms. The van der Waals surface area contributed by atoms with E-state index < -0.39 is 12.3 Å². The molecule has 0 bridgehead atoms. The molecule has 6 nitrogen and oxygen atoms in total. The maximum absolute atomic E-state index is 12.7. The van der Waals surface area contributed by atoms with Gasteiger partial charge in [-0.15, -0.1) is 13.2 Å². The van der Waals surface area contributed by atoms with Crippen LogP contribution in [0.3, 0.4) is 0 Å². The van der Waals surface area contributed by atoms with Gasteiger partial charge in [-0.2, -0.15) is 0 Å². The molecule has 0 saturated carbocycles. The topological polar surface area (TPSA) is 54.9 Å². The summed E-state index contributed by atoms with van der Waals surface area (Å²) >= 11 is 0. The van der Waals surface area contributed by atoms with Crippen LogP contribution in [0.5, 0.6) is 5.75 Å². The number of ether oxygens (including phenoxy) is 2. The van der Waals surface area contributed by atoms with Crippen LogP contribution in [0.15, 0.2) is 42.6 Å². The minimum absolute atomic E-state index is 0.0520. The van der Waals surface area contributed by atoms with Crippen molar-refractivity contribution in [2.75, 3.05) is 25.0 Å². The largest absolute Gasteiger partial charge is 0.573 e. The molecule has 0 unspecified atom stereocenters. The van der Waals surface area contributed by atoms with Crippen molar-refractivity contribution in [2.24, 2.45) is 0 Å². The number of carbonyl (C=O) groups is 1. The van der Waals surface area contributed by atoms with Crippen LogP contribution in [0.25, 0.3) is 0 Å². The summed E-state index contributed by atoms with van der Waals surface area (Å²) in [5, 5.41) is 0. The molecule has 2 heterocycles. The van der Waals surface area contributed by atoms with Gasteiger partial charge in [0.1, 0.15) is 17.1 Å². The molecular weight excluding hydrogens is 411 g/mol. The number of benzene rings is 1. The predicted octanol–water partition coefficient (Wildman–Crippen LogP) is 4.26. The zero-order chi connectivity index (χ0) is 22.6. The van der Waals surface area contributed by atoms with E-state index in [1.54, 1.807) is 44.3 Å². The molecule has 1 saturated heterocycles. The van der Waals surface area contributed by atoms with Crippen molar-refractivity contribution in [2.45, 2.75) is 45.3 Å². The number of hydrogen-bond acceptors (Lipinski definition) is 6. The van der Waals surface area contributed by atoms with Crippen LogP contribution in [0.2, 0.25) is 0 Å². The lowest BCUT2D eigenvalue weighted by atomic mass is 10.2. The Morgan fingerprint density at radius 3 is 2.71 bits per heavy atom. The highest BCUT2D eigenvalue weighted by Crippen LogP contribution is 2.29. The van der Waals surface area contributed by atoms with Crippen molar-refractivity contribution >= 4 is 11.8 Å². The standard InChI is InChI=1S/C22H26F3N3O3/c1-15(2)30-21(29)18-8-6-11-26-20(18)27(3)17-10-12-28(14-17)13-16-7-4-5-9-19(16)31-22(23,24)25/h4-9,11,15,17H,10,12-14H2,1-3H3/t17-/m0/s1. The molecule has 1 atom stereocenters. The fourth-order valence-corrected chi connectivity index (χ4v) is 3.66. The number of pyridine rings is 1. The fourth-order valence-electron chi connectivity index (χ4n) is 3.66. The summed E-state index contributed by atoms with van der Waals surface area (Å²) in [5.74, 6) is -0.0888. The van der Waals surface area contributed by atoms with Gasteiger partial charge in [0.25, 0.3) is 0 Å². The molecule has 1 aliphatic rings. The summed E-state index contributed by atoms with van der Waals surface area (Å²) in [7, 11) is 1.86. The third kappa shape index (κ3) is 6.10. The fraction of sp³-hybridized carbons (Fsp3) is 0.455. The molecule has 31 heavy (non-hydrogen) atoms. The van der Waals surface area contributed by atoms with E-state index in [2.05, 4.69) is 14.6 Å². The Labute approximate surface area is 179 Å². The third-order valence-electron chi connectivity index (χ3n) is 5.07. The first-order chi connectivity index (χ1) is 14.6. The number of esters is 1. The van der Waals surface area contributed by atoms with E-state index in [0.29, 0.717) is 36.6 Å². The molecule has 1 fully saturated rings. The van der Waals surface area contributed by atoms with Gasteiger partial charge < -0.3 is 14.4 Å². The zero-order valence-corrected chi connectivity index (χ0v) is 17.7.